The van der Waals surface area contributed by atoms with Crippen LogP contribution in [0.5, 0.6) is 0 Å². The van der Waals surface area contributed by atoms with E-state index in [2.05, 4.69) is 39.2 Å². The van der Waals surface area contributed by atoms with E-state index in [4.69, 9.17) is 0 Å². The Kier molecular flexibility index (Phi) is 4.49. The monoisotopic (exact) mass is 249 g/mol. The molecule has 1 aromatic rings. The molecule has 2 heterocycles. The van der Waals surface area contributed by atoms with Gasteiger partial charge in [0.05, 0.1) is 18.1 Å². The first-order valence-corrected chi connectivity index (χ1v) is 6.57. The van der Waals surface area contributed by atoms with Gasteiger partial charge in [0.1, 0.15) is 5.82 Å². The van der Waals surface area contributed by atoms with Crippen molar-refractivity contribution in [2.45, 2.75) is 25.4 Å². The van der Waals surface area contributed by atoms with Crippen LogP contribution in [-0.2, 0) is 6.54 Å². The third kappa shape index (κ3) is 3.17. The second-order valence-electron chi connectivity index (χ2n) is 5.07. The quantitative estimate of drug-likeness (QED) is 0.852. The van der Waals surface area contributed by atoms with Gasteiger partial charge in [0.15, 0.2) is 0 Å². The first-order valence-electron chi connectivity index (χ1n) is 6.57. The molecule has 0 spiro atoms. The van der Waals surface area contributed by atoms with Crippen LogP contribution in [0.4, 0.5) is 5.82 Å². The Morgan fingerprint density at radius 2 is 2.28 bits per heavy atom. The molecule has 1 N–H and O–H groups in total. The number of hydrogen-bond acceptors (Lipinski definition) is 5. The minimum Gasteiger partial charge on any atom is -0.354 e. The molecule has 0 bridgehead atoms. The molecule has 0 aliphatic carbocycles. The largest absolute Gasteiger partial charge is 0.354 e. The van der Waals surface area contributed by atoms with Crippen LogP contribution in [0.15, 0.2) is 12.4 Å². The number of nitrogens with one attached hydrogen (secondary N) is 1. The lowest BCUT2D eigenvalue weighted by molar-refractivity contribution is 0.247. The molecule has 1 atom stereocenters. The normalized spacial score (nSPS) is 20.9. The highest BCUT2D eigenvalue weighted by atomic mass is 15.2. The van der Waals surface area contributed by atoms with E-state index in [-0.39, 0.29) is 0 Å². The van der Waals surface area contributed by atoms with Crippen molar-refractivity contribution in [2.24, 2.45) is 0 Å². The number of aromatic nitrogens is 2. The molecule has 1 fully saturated rings. The topological polar surface area (TPSA) is 44.3 Å². The van der Waals surface area contributed by atoms with Crippen LogP contribution in [0.3, 0.4) is 0 Å². The van der Waals surface area contributed by atoms with Gasteiger partial charge in [0, 0.05) is 26.2 Å². The van der Waals surface area contributed by atoms with Crippen molar-refractivity contribution in [1.29, 1.82) is 0 Å². The molecule has 0 saturated carbocycles. The maximum absolute atomic E-state index is 4.50. The molecule has 1 aliphatic rings. The van der Waals surface area contributed by atoms with Crippen LogP contribution in [0, 0.1) is 0 Å². The summed E-state index contributed by atoms with van der Waals surface area (Å²) < 4.78 is 0. The highest BCUT2D eigenvalue weighted by Crippen LogP contribution is 2.18. The van der Waals surface area contributed by atoms with E-state index in [9.17, 15) is 0 Å². The predicted octanol–water partition coefficient (Wildman–Crippen LogP) is 0.726. The SMILES string of the molecule is CNCc1cnc(N(C)C2CCCN(C)C2)cn1. The minimum absolute atomic E-state index is 0.549. The Labute approximate surface area is 109 Å². The van der Waals surface area contributed by atoms with Crippen LogP contribution < -0.4 is 10.2 Å². The fraction of sp³-hybridized carbons (Fsp3) is 0.692. The fourth-order valence-corrected chi connectivity index (χ4v) is 2.44. The molecular weight excluding hydrogens is 226 g/mol. The second-order valence-corrected chi connectivity index (χ2v) is 5.07. The van der Waals surface area contributed by atoms with Crippen LogP contribution >= 0.6 is 0 Å². The van der Waals surface area contributed by atoms with Crippen LogP contribution in [0.25, 0.3) is 0 Å². The average Bonchev–Trinajstić information content (AvgIpc) is 2.39. The third-order valence-corrected chi connectivity index (χ3v) is 3.56. The Balaban J connectivity index is 2.01. The summed E-state index contributed by atoms with van der Waals surface area (Å²) in [5.41, 5.74) is 0.982. The predicted molar refractivity (Wildman–Crippen MR) is 73.7 cm³/mol. The summed E-state index contributed by atoms with van der Waals surface area (Å²) in [5.74, 6) is 0.968. The Hall–Kier alpha value is -1.20. The summed E-state index contributed by atoms with van der Waals surface area (Å²) in [6.45, 7) is 3.08. The lowest BCUT2D eigenvalue weighted by Gasteiger charge is -2.36. The number of anilines is 1. The Morgan fingerprint density at radius 3 is 2.89 bits per heavy atom. The summed E-state index contributed by atoms with van der Waals surface area (Å²) >= 11 is 0. The summed E-state index contributed by atoms with van der Waals surface area (Å²) in [7, 11) is 6.22. The van der Waals surface area contributed by atoms with Crippen molar-refractivity contribution >= 4 is 5.82 Å². The van der Waals surface area contributed by atoms with Gasteiger partial charge in [-0.05, 0) is 33.5 Å². The van der Waals surface area contributed by atoms with E-state index >= 15 is 0 Å². The van der Waals surface area contributed by atoms with Gasteiger partial charge in [0.2, 0.25) is 0 Å². The Bertz CT molecular complexity index is 364. The van der Waals surface area contributed by atoms with Crippen molar-refractivity contribution in [2.75, 3.05) is 39.1 Å². The van der Waals surface area contributed by atoms with Crippen LogP contribution in [-0.4, -0.2) is 55.1 Å². The molecule has 18 heavy (non-hydrogen) atoms. The molecule has 5 heteroatoms. The Morgan fingerprint density at radius 1 is 1.44 bits per heavy atom. The minimum atomic E-state index is 0.549. The molecular formula is C13H23N5. The first-order chi connectivity index (χ1) is 8.70. The summed E-state index contributed by atoms with van der Waals surface area (Å²) in [5, 5.41) is 3.08. The number of piperidine rings is 1. The zero-order chi connectivity index (χ0) is 13.0. The zero-order valence-corrected chi connectivity index (χ0v) is 11.6. The van der Waals surface area contributed by atoms with E-state index in [0.717, 1.165) is 24.6 Å². The van der Waals surface area contributed by atoms with Gasteiger partial charge in [-0.15, -0.1) is 0 Å². The smallest absolute Gasteiger partial charge is 0.147 e. The first kappa shape index (κ1) is 13.2. The van der Waals surface area contributed by atoms with E-state index in [1.807, 2.05) is 19.4 Å². The van der Waals surface area contributed by atoms with Gasteiger partial charge in [0.25, 0.3) is 0 Å². The van der Waals surface area contributed by atoms with Gasteiger partial charge in [-0.1, -0.05) is 0 Å². The van der Waals surface area contributed by atoms with E-state index in [1.54, 1.807) is 0 Å². The molecule has 0 radical (unpaired) electrons. The lowest BCUT2D eigenvalue weighted by atomic mass is 10.1. The second kappa shape index (κ2) is 6.11. The van der Waals surface area contributed by atoms with E-state index < -0.39 is 0 Å². The summed E-state index contributed by atoms with van der Waals surface area (Å²) in [4.78, 5) is 13.6. The summed E-state index contributed by atoms with van der Waals surface area (Å²) in [6.07, 6.45) is 6.23. The molecule has 100 valence electrons. The number of likely N-dealkylation sites (N-methyl/N-ethyl adjacent to an activating group) is 2. The number of hydrogen-bond donors (Lipinski definition) is 1. The number of nitrogens with zero attached hydrogens (tertiary/aromatic N) is 4. The number of likely N-dealkylation sites (tertiary alicyclic amines) is 1. The molecule has 1 unspecified atom stereocenters. The maximum Gasteiger partial charge on any atom is 0.147 e. The van der Waals surface area contributed by atoms with Crippen LogP contribution in [0.2, 0.25) is 0 Å². The van der Waals surface area contributed by atoms with Crippen LogP contribution in [0.1, 0.15) is 18.5 Å². The van der Waals surface area contributed by atoms with Crippen molar-refractivity contribution < 1.29 is 0 Å². The van der Waals surface area contributed by atoms with Gasteiger partial charge in [-0.3, -0.25) is 4.98 Å². The van der Waals surface area contributed by atoms with Gasteiger partial charge in [-0.25, -0.2) is 4.98 Å². The van der Waals surface area contributed by atoms with Crippen molar-refractivity contribution in [3.05, 3.63) is 18.1 Å². The van der Waals surface area contributed by atoms with Gasteiger partial charge >= 0.3 is 0 Å². The van der Waals surface area contributed by atoms with E-state index in [0.29, 0.717) is 6.04 Å². The van der Waals surface area contributed by atoms with Gasteiger partial charge < -0.3 is 15.1 Å². The average molecular weight is 249 g/mol. The number of rotatable bonds is 4. The highest BCUT2D eigenvalue weighted by Gasteiger charge is 2.22. The van der Waals surface area contributed by atoms with E-state index in [1.165, 1.54) is 19.4 Å². The fourth-order valence-electron chi connectivity index (χ4n) is 2.44. The highest BCUT2D eigenvalue weighted by molar-refractivity contribution is 5.36. The molecule has 2 rings (SSSR count). The molecule has 1 saturated heterocycles. The van der Waals surface area contributed by atoms with Crippen molar-refractivity contribution in [3.8, 4) is 0 Å². The molecule has 5 nitrogen and oxygen atoms in total. The van der Waals surface area contributed by atoms with Gasteiger partial charge in [-0.2, -0.15) is 0 Å². The molecule has 0 aromatic carbocycles. The zero-order valence-electron chi connectivity index (χ0n) is 11.6. The summed E-state index contributed by atoms with van der Waals surface area (Å²) in [6, 6.07) is 0.549. The molecule has 1 aromatic heterocycles. The van der Waals surface area contributed by atoms with Crippen molar-refractivity contribution in [3.63, 3.8) is 0 Å². The standard InChI is InChI=1S/C13H23N5/c1-14-7-11-8-16-13(9-15-11)18(3)12-5-4-6-17(2)10-12/h8-9,12,14H,4-7,10H2,1-3H3. The molecule has 0 amide bonds. The molecule has 1 aliphatic heterocycles. The maximum atomic E-state index is 4.50. The lowest BCUT2D eigenvalue weighted by Crippen LogP contribution is -2.45. The van der Waals surface area contributed by atoms with Crippen molar-refractivity contribution in [1.82, 2.24) is 20.2 Å². The third-order valence-electron chi connectivity index (χ3n) is 3.56.